The van der Waals surface area contributed by atoms with Crippen LogP contribution in [0.2, 0.25) is 0 Å². The Balaban J connectivity index is 2.83. The minimum atomic E-state index is 1.05. The van der Waals surface area contributed by atoms with E-state index in [0.29, 0.717) is 0 Å². The Morgan fingerprint density at radius 3 is 3.00 bits per heavy atom. The first-order valence-electron chi connectivity index (χ1n) is 3.52. The largest absolute Gasteiger partial charge is 0.264 e. The van der Waals surface area contributed by atoms with Gasteiger partial charge in [0.25, 0.3) is 0 Å². The van der Waals surface area contributed by atoms with Gasteiger partial charge < -0.3 is 0 Å². The van der Waals surface area contributed by atoms with Gasteiger partial charge in [-0.25, -0.2) is 0 Å². The highest BCUT2D eigenvalue weighted by Gasteiger charge is 1.91. The average molecular weight is 144 g/mol. The Hall–Kier alpha value is -1.44. The molecular formula is C9H8N2. The summed E-state index contributed by atoms with van der Waals surface area (Å²) in [4.78, 5) is 8.17. The van der Waals surface area contributed by atoms with Gasteiger partial charge in [0.15, 0.2) is 0 Å². The molecule has 0 aliphatic carbocycles. The molecule has 2 aromatic rings. The summed E-state index contributed by atoms with van der Waals surface area (Å²) in [5.74, 6) is 0. The standard InChI is InChI=1S/C9H8N2/c1-7-4-8-2-3-10-5-9(8)6-11-7/h2-6H,1H3. The molecule has 2 heterocycles. The van der Waals surface area contributed by atoms with Crippen molar-refractivity contribution in [1.29, 1.82) is 0 Å². The number of fused-ring (bicyclic) bond motifs is 1. The topological polar surface area (TPSA) is 25.8 Å². The molecule has 0 saturated heterocycles. The van der Waals surface area contributed by atoms with E-state index in [2.05, 4.69) is 16.0 Å². The highest BCUT2D eigenvalue weighted by atomic mass is 14.7. The van der Waals surface area contributed by atoms with Gasteiger partial charge in [-0.1, -0.05) is 0 Å². The molecule has 54 valence electrons. The van der Waals surface area contributed by atoms with Gasteiger partial charge in [-0.3, -0.25) is 9.97 Å². The summed E-state index contributed by atoms with van der Waals surface area (Å²) in [6.07, 6.45) is 5.46. The van der Waals surface area contributed by atoms with Crippen molar-refractivity contribution >= 4 is 10.8 Å². The van der Waals surface area contributed by atoms with E-state index < -0.39 is 0 Å². The second-order valence-corrected chi connectivity index (χ2v) is 2.55. The molecule has 0 fully saturated rings. The minimum absolute atomic E-state index is 1.05. The molecule has 0 radical (unpaired) electrons. The van der Waals surface area contributed by atoms with Crippen LogP contribution >= 0.6 is 0 Å². The third kappa shape index (κ3) is 1.07. The summed E-state index contributed by atoms with van der Waals surface area (Å²) in [5, 5.41) is 2.30. The number of pyridine rings is 2. The van der Waals surface area contributed by atoms with E-state index in [1.165, 1.54) is 5.39 Å². The van der Waals surface area contributed by atoms with Crippen molar-refractivity contribution in [3.05, 3.63) is 36.4 Å². The smallest absolute Gasteiger partial charge is 0.0379 e. The van der Waals surface area contributed by atoms with Gasteiger partial charge in [0.05, 0.1) is 0 Å². The van der Waals surface area contributed by atoms with E-state index in [0.717, 1.165) is 11.1 Å². The molecule has 2 aromatic heterocycles. The van der Waals surface area contributed by atoms with Crippen molar-refractivity contribution < 1.29 is 0 Å². The molecule has 0 bridgehead atoms. The van der Waals surface area contributed by atoms with Crippen LogP contribution in [0, 0.1) is 6.92 Å². The second kappa shape index (κ2) is 2.31. The van der Waals surface area contributed by atoms with Gasteiger partial charge in [0.1, 0.15) is 0 Å². The van der Waals surface area contributed by atoms with Gasteiger partial charge in [0.2, 0.25) is 0 Å². The third-order valence-electron chi connectivity index (χ3n) is 1.66. The van der Waals surface area contributed by atoms with Gasteiger partial charge in [-0.2, -0.15) is 0 Å². The third-order valence-corrected chi connectivity index (χ3v) is 1.66. The Kier molecular flexibility index (Phi) is 1.32. The highest BCUT2D eigenvalue weighted by Crippen LogP contribution is 2.10. The first kappa shape index (κ1) is 6.28. The first-order chi connectivity index (χ1) is 5.36. The van der Waals surface area contributed by atoms with Crippen molar-refractivity contribution in [1.82, 2.24) is 9.97 Å². The van der Waals surface area contributed by atoms with Crippen molar-refractivity contribution in [2.45, 2.75) is 6.92 Å². The predicted octanol–water partition coefficient (Wildman–Crippen LogP) is 1.94. The fraction of sp³-hybridized carbons (Fsp3) is 0.111. The molecule has 0 saturated carbocycles. The van der Waals surface area contributed by atoms with Crippen LogP contribution in [-0.2, 0) is 0 Å². The van der Waals surface area contributed by atoms with E-state index in [1.54, 1.807) is 6.20 Å². The van der Waals surface area contributed by atoms with E-state index in [1.807, 2.05) is 25.4 Å². The molecule has 0 spiro atoms. The van der Waals surface area contributed by atoms with Gasteiger partial charge in [0, 0.05) is 29.7 Å². The molecule has 0 N–H and O–H groups in total. The van der Waals surface area contributed by atoms with Gasteiger partial charge in [-0.05, 0) is 24.4 Å². The van der Waals surface area contributed by atoms with Crippen LogP contribution in [0.15, 0.2) is 30.7 Å². The maximum Gasteiger partial charge on any atom is 0.0379 e. The minimum Gasteiger partial charge on any atom is -0.264 e. The molecule has 0 amide bonds. The lowest BCUT2D eigenvalue weighted by Gasteiger charge is -1.95. The van der Waals surface area contributed by atoms with E-state index >= 15 is 0 Å². The Morgan fingerprint density at radius 2 is 2.09 bits per heavy atom. The number of hydrogen-bond acceptors (Lipinski definition) is 2. The lowest BCUT2D eigenvalue weighted by Crippen LogP contribution is -1.81. The molecule has 2 rings (SSSR count). The van der Waals surface area contributed by atoms with Crippen LogP contribution in [0.25, 0.3) is 10.8 Å². The summed E-state index contributed by atoms with van der Waals surface area (Å²) in [6.45, 7) is 1.99. The molecule has 11 heavy (non-hydrogen) atoms. The zero-order valence-corrected chi connectivity index (χ0v) is 6.28. The SMILES string of the molecule is Cc1cc2ccncc2cn1. The predicted molar refractivity (Wildman–Crippen MR) is 44.3 cm³/mol. The number of aryl methyl sites for hydroxylation is 1. The summed E-state index contributed by atoms with van der Waals surface area (Å²) in [6, 6.07) is 4.04. The lowest BCUT2D eigenvalue weighted by molar-refractivity contribution is 1.22. The zero-order valence-electron chi connectivity index (χ0n) is 6.28. The molecule has 2 nitrogen and oxygen atoms in total. The molecule has 0 aliphatic heterocycles. The maximum atomic E-state index is 4.17. The molecule has 0 unspecified atom stereocenters. The normalized spacial score (nSPS) is 10.3. The second-order valence-electron chi connectivity index (χ2n) is 2.55. The maximum absolute atomic E-state index is 4.17. The lowest BCUT2D eigenvalue weighted by atomic mass is 10.2. The molecule has 0 aliphatic rings. The van der Waals surface area contributed by atoms with Crippen LogP contribution in [0.3, 0.4) is 0 Å². The van der Waals surface area contributed by atoms with E-state index in [-0.39, 0.29) is 0 Å². The molecule has 2 heteroatoms. The highest BCUT2D eigenvalue weighted by molar-refractivity contribution is 5.80. The Bertz CT molecular complexity index is 382. The molecular weight excluding hydrogens is 136 g/mol. The number of nitrogens with zero attached hydrogens (tertiary/aromatic N) is 2. The summed E-state index contributed by atoms with van der Waals surface area (Å²) in [5.41, 5.74) is 1.05. The Labute approximate surface area is 64.9 Å². The first-order valence-corrected chi connectivity index (χ1v) is 3.52. The van der Waals surface area contributed by atoms with E-state index in [9.17, 15) is 0 Å². The van der Waals surface area contributed by atoms with Crippen molar-refractivity contribution in [3.63, 3.8) is 0 Å². The number of rotatable bonds is 0. The van der Waals surface area contributed by atoms with Crippen LogP contribution in [-0.4, -0.2) is 9.97 Å². The van der Waals surface area contributed by atoms with Crippen LogP contribution < -0.4 is 0 Å². The Morgan fingerprint density at radius 1 is 1.18 bits per heavy atom. The van der Waals surface area contributed by atoms with Crippen LogP contribution in [0.1, 0.15) is 5.69 Å². The monoisotopic (exact) mass is 144 g/mol. The fourth-order valence-corrected chi connectivity index (χ4v) is 1.09. The van der Waals surface area contributed by atoms with Gasteiger partial charge in [-0.15, -0.1) is 0 Å². The summed E-state index contributed by atoms with van der Waals surface area (Å²) in [7, 11) is 0. The van der Waals surface area contributed by atoms with Crippen molar-refractivity contribution in [3.8, 4) is 0 Å². The summed E-state index contributed by atoms with van der Waals surface area (Å²) < 4.78 is 0. The molecule has 0 aromatic carbocycles. The quantitative estimate of drug-likeness (QED) is 0.564. The fourth-order valence-electron chi connectivity index (χ4n) is 1.09. The van der Waals surface area contributed by atoms with Crippen LogP contribution in [0.5, 0.6) is 0 Å². The van der Waals surface area contributed by atoms with Crippen molar-refractivity contribution in [2.75, 3.05) is 0 Å². The molecule has 0 atom stereocenters. The number of aromatic nitrogens is 2. The zero-order chi connectivity index (χ0) is 7.68. The van der Waals surface area contributed by atoms with Crippen LogP contribution in [0.4, 0.5) is 0 Å². The van der Waals surface area contributed by atoms with Gasteiger partial charge >= 0.3 is 0 Å². The van der Waals surface area contributed by atoms with Crippen molar-refractivity contribution in [2.24, 2.45) is 0 Å². The van der Waals surface area contributed by atoms with E-state index in [4.69, 9.17) is 0 Å². The average Bonchev–Trinajstić information content (AvgIpc) is 2.04. The summed E-state index contributed by atoms with van der Waals surface area (Å²) >= 11 is 0. The number of hydrogen-bond donors (Lipinski definition) is 0.